The Morgan fingerprint density at radius 3 is 2.67 bits per heavy atom. The summed E-state index contributed by atoms with van der Waals surface area (Å²) in [6.07, 6.45) is 1.73. The fourth-order valence-electron chi connectivity index (χ4n) is 0.499. The summed E-state index contributed by atoms with van der Waals surface area (Å²) in [5.41, 5.74) is 0. The summed E-state index contributed by atoms with van der Waals surface area (Å²) in [5.74, 6) is 0.643. The fraction of sp³-hybridized carbons (Fsp3) is 0.833. The van der Waals surface area contributed by atoms with Crippen LogP contribution in [0.1, 0.15) is 26.7 Å². The van der Waals surface area contributed by atoms with E-state index in [4.69, 9.17) is 0 Å². The van der Waals surface area contributed by atoms with Gasteiger partial charge in [-0.2, -0.15) is 0 Å². The van der Waals surface area contributed by atoms with E-state index in [0.29, 0.717) is 12.3 Å². The van der Waals surface area contributed by atoms with Crippen molar-refractivity contribution in [3.8, 4) is 0 Å². The predicted molar refractivity (Wildman–Crippen MR) is 46.2 cm³/mol. The highest BCUT2D eigenvalue weighted by Crippen LogP contribution is 2.05. The summed E-state index contributed by atoms with van der Waals surface area (Å²) < 4.78 is 2.56. The fourth-order valence-corrected chi connectivity index (χ4v) is 0.720. The molecule has 54 valence electrons. The van der Waals surface area contributed by atoms with Crippen LogP contribution < -0.4 is 3.53 Å². The van der Waals surface area contributed by atoms with Crippen LogP contribution in [-0.2, 0) is 4.79 Å². The molecule has 1 atom stereocenters. The van der Waals surface area contributed by atoms with Crippen molar-refractivity contribution in [3.63, 3.8) is 0 Å². The molecule has 1 amide bonds. The number of halogens is 1. The number of amides is 1. The maximum atomic E-state index is 10.7. The Labute approximate surface area is 69.9 Å². The van der Waals surface area contributed by atoms with Crippen molar-refractivity contribution in [2.45, 2.75) is 26.7 Å². The normalized spacial score (nSPS) is 12.8. The van der Waals surface area contributed by atoms with E-state index in [1.807, 2.05) is 22.9 Å². The van der Waals surface area contributed by atoms with Gasteiger partial charge in [0.15, 0.2) is 0 Å². The van der Waals surface area contributed by atoms with Crippen molar-refractivity contribution in [2.75, 3.05) is 0 Å². The molecule has 0 aromatic heterocycles. The maximum Gasteiger partial charge on any atom is 0.228 e. The molecular formula is C6H12INO. The molecular weight excluding hydrogens is 229 g/mol. The molecule has 9 heavy (non-hydrogen) atoms. The van der Waals surface area contributed by atoms with E-state index in [-0.39, 0.29) is 5.91 Å². The zero-order valence-corrected chi connectivity index (χ0v) is 7.94. The van der Waals surface area contributed by atoms with Crippen molar-refractivity contribution in [1.29, 1.82) is 0 Å². The molecule has 0 unspecified atom stereocenters. The van der Waals surface area contributed by atoms with Gasteiger partial charge in [0.2, 0.25) is 5.91 Å². The van der Waals surface area contributed by atoms with Gasteiger partial charge in [-0.05, 0) is 5.92 Å². The maximum absolute atomic E-state index is 10.7. The van der Waals surface area contributed by atoms with Gasteiger partial charge in [-0.25, -0.2) is 0 Å². The monoisotopic (exact) mass is 241 g/mol. The summed E-state index contributed by atoms with van der Waals surface area (Å²) in [6, 6.07) is 0. The highest BCUT2D eigenvalue weighted by molar-refractivity contribution is 14.1. The van der Waals surface area contributed by atoms with Crippen LogP contribution in [0.25, 0.3) is 0 Å². The van der Waals surface area contributed by atoms with Gasteiger partial charge in [-0.15, -0.1) is 0 Å². The Kier molecular flexibility index (Phi) is 5.13. The minimum absolute atomic E-state index is 0.130. The first-order valence-electron chi connectivity index (χ1n) is 3.10. The van der Waals surface area contributed by atoms with E-state index < -0.39 is 0 Å². The van der Waals surface area contributed by atoms with Crippen LogP contribution in [0.5, 0.6) is 0 Å². The zero-order chi connectivity index (χ0) is 7.28. The molecule has 3 heteroatoms. The Morgan fingerprint density at radius 1 is 1.78 bits per heavy atom. The molecule has 0 aromatic carbocycles. The van der Waals surface area contributed by atoms with Crippen LogP contribution in [0.3, 0.4) is 0 Å². The second-order valence-electron chi connectivity index (χ2n) is 2.24. The lowest BCUT2D eigenvalue weighted by Crippen LogP contribution is -2.14. The Bertz CT molecular complexity index is 95.1. The highest BCUT2D eigenvalue weighted by Gasteiger charge is 2.03. The molecule has 0 spiro atoms. The van der Waals surface area contributed by atoms with Crippen LogP contribution >= 0.6 is 22.9 Å². The van der Waals surface area contributed by atoms with Gasteiger partial charge in [0.1, 0.15) is 0 Å². The standard InChI is InChI=1S/C6H12INO/c1-3-5(2)4-6(9)8-7/h5H,3-4H2,1-2H3,(H,8,9)/t5-/m0/s1. The second-order valence-corrected chi connectivity index (χ2v) is 2.77. The third-order valence-electron chi connectivity index (χ3n) is 1.34. The quantitative estimate of drug-likeness (QED) is 0.593. The van der Waals surface area contributed by atoms with Gasteiger partial charge in [0, 0.05) is 6.42 Å². The van der Waals surface area contributed by atoms with E-state index in [2.05, 4.69) is 17.4 Å². The molecule has 0 aliphatic carbocycles. The molecule has 0 fully saturated rings. The number of nitrogens with one attached hydrogen (secondary N) is 1. The topological polar surface area (TPSA) is 29.1 Å². The van der Waals surface area contributed by atoms with Crippen LogP contribution in [0.15, 0.2) is 0 Å². The molecule has 0 saturated carbocycles. The number of carbonyl (C=O) groups excluding carboxylic acids is 1. The van der Waals surface area contributed by atoms with Crippen molar-refractivity contribution >= 4 is 28.8 Å². The summed E-state index contributed by atoms with van der Waals surface area (Å²) in [4.78, 5) is 10.7. The van der Waals surface area contributed by atoms with Gasteiger partial charge >= 0.3 is 0 Å². The Morgan fingerprint density at radius 2 is 2.33 bits per heavy atom. The average Bonchev–Trinajstić information content (AvgIpc) is 1.87. The smallest absolute Gasteiger partial charge is 0.228 e. The predicted octanol–water partition coefficient (Wildman–Crippen LogP) is 1.89. The molecule has 0 heterocycles. The first-order valence-corrected chi connectivity index (χ1v) is 4.18. The van der Waals surface area contributed by atoms with E-state index in [0.717, 1.165) is 6.42 Å². The summed E-state index contributed by atoms with van der Waals surface area (Å²) in [6.45, 7) is 4.16. The average molecular weight is 241 g/mol. The molecule has 0 aliphatic heterocycles. The van der Waals surface area contributed by atoms with Crippen molar-refractivity contribution in [2.24, 2.45) is 5.92 Å². The lowest BCUT2D eigenvalue weighted by molar-refractivity contribution is -0.119. The number of hydrogen-bond donors (Lipinski definition) is 1. The highest BCUT2D eigenvalue weighted by atomic mass is 127. The second kappa shape index (κ2) is 5.02. The number of carbonyl (C=O) groups is 1. The van der Waals surface area contributed by atoms with Crippen molar-refractivity contribution in [3.05, 3.63) is 0 Å². The van der Waals surface area contributed by atoms with Gasteiger partial charge in [-0.3, -0.25) is 8.32 Å². The molecule has 2 nitrogen and oxygen atoms in total. The molecule has 0 saturated heterocycles. The first-order chi connectivity index (χ1) is 4.20. The Hall–Kier alpha value is 0.200. The van der Waals surface area contributed by atoms with Crippen LogP contribution in [0.2, 0.25) is 0 Å². The van der Waals surface area contributed by atoms with Crippen LogP contribution in [0.4, 0.5) is 0 Å². The number of rotatable bonds is 3. The third-order valence-corrected chi connectivity index (χ3v) is 1.94. The van der Waals surface area contributed by atoms with Crippen molar-refractivity contribution < 1.29 is 4.79 Å². The molecule has 0 rings (SSSR count). The molecule has 0 radical (unpaired) electrons. The summed E-state index contributed by atoms with van der Waals surface area (Å²) >= 11 is 1.86. The zero-order valence-electron chi connectivity index (χ0n) is 5.78. The molecule has 0 aliphatic rings. The van der Waals surface area contributed by atoms with Gasteiger partial charge in [0.05, 0.1) is 22.9 Å². The largest absolute Gasteiger partial charge is 0.299 e. The first kappa shape index (κ1) is 9.20. The SMILES string of the molecule is CC[C@H](C)CC(=O)NI. The summed E-state index contributed by atoms with van der Waals surface area (Å²) in [7, 11) is 0. The minimum atomic E-state index is 0.130. The van der Waals surface area contributed by atoms with Crippen LogP contribution in [-0.4, -0.2) is 5.91 Å². The molecule has 0 aromatic rings. The molecule has 0 bridgehead atoms. The lowest BCUT2D eigenvalue weighted by atomic mass is 10.1. The van der Waals surface area contributed by atoms with Gasteiger partial charge in [-0.1, -0.05) is 20.3 Å². The Balaban J connectivity index is 3.34. The van der Waals surface area contributed by atoms with E-state index >= 15 is 0 Å². The minimum Gasteiger partial charge on any atom is -0.299 e. The number of hydrogen-bond acceptors (Lipinski definition) is 1. The lowest BCUT2D eigenvalue weighted by Gasteiger charge is -2.04. The van der Waals surface area contributed by atoms with E-state index in [1.165, 1.54) is 0 Å². The summed E-state index contributed by atoms with van der Waals surface area (Å²) in [5, 5.41) is 0. The molecule has 1 N–H and O–H groups in total. The van der Waals surface area contributed by atoms with Gasteiger partial charge in [0.25, 0.3) is 0 Å². The van der Waals surface area contributed by atoms with E-state index in [9.17, 15) is 4.79 Å². The van der Waals surface area contributed by atoms with Crippen molar-refractivity contribution in [1.82, 2.24) is 3.53 Å². The van der Waals surface area contributed by atoms with Crippen LogP contribution in [0, 0.1) is 5.92 Å². The third kappa shape index (κ3) is 4.69. The van der Waals surface area contributed by atoms with Gasteiger partial charge < -0.3 is 0 Å². The van der Waals surface area contributed by atoms with E-state index in [1.54, 1.807) is 0 Å².